The highest BCUT2D eigenvalue weighted by molar-refractivity contribution is 8.01. The van der Waals surface area contributed by atoms with Gasteiger partial charge in [-0.1, -0.05) is 6.92 Å². The van der Waals surface area contributed by atoms with Crippen LogP contribution in [-0.4, -0.2) is 45.5 Å². The molecular weight excluding hydrogens is 296 g/mol. The van der Waals surface area contributed by atoms with Crippen LogP contribution in [0.2, 0.25) is 0 Å². The molecule has 3 heterocycles. The van der Waals surface area contributed by atoms with Crippen LogP contribution in [0.3, 0.4) is 0 Å². The minimum absolute atomic E-state index is 0.275. The lowest BCUT2D eigenvalue weighted by Gasteiger charge is -2.47. The first-order chi connectivity index (χ1) is 10.7. The fraction of sp³-hybridized carbons (Fsp3) is 0.647. The van der Waals surface area contributed by atoms with Gasteiger partial charge in [-0.2, -0.15) is 0 Å². The summed E-state index contributed by atoms with van der Waals surface area (Å²) in [5.74, 6) is 2.37. The van der Waals surface area contributed by atoms with Crippen LogP contribution in [0.15, 0.2) is 24.5 Å². The second-order valence-electron chi connectivity index (χ2n) is 7.00. The van der Waals surface area contributed by atoms with Crippen molar-refractivity contribution in [2.45, 2.75) is 37.2 Å². The Morgan fingerprint density at radius 1 is 1.45 bits per heavy atom. The molecule has 1 saturated carbocycles. The van der Waals surface area contributed by atoms with Crippen molar-refractivity contribution < 1.29 is 9.53 Å². The summed E-state index contributed by atoms with van der Waals surface area (Å²) < 4.78 is 6.32. The maximum atomic E-state index is 12.2. The zero-order chi connectivity index (χ0) is 15.2. The van der Waals surface area contributed by atoms with Crippen molar-refractivity contribution in [3.63, 3.8) is 0 Å². The third-order valence-electron chi connectivity index (χ3n) is 5.11. The van der Waals surface area contributed by atoms with E-state index in [0.717, 1.165) is 31.7 Å². The summed E-state index contributed by atoms with van der Waals surface area (Å²) in [4.78, 5) is 18.3. The van der Waals surface area contributed by atoms with Crippen LogP contribution in [0.25, 0.3) is 0 Å². The van der Waals surface area contributed by atoms with Gasteiger partial charge in [0.2, 0.25) is 5.91 Å². The van der Waals surface area contributed by atoms with Crippen molar-refractivity contribution in [2.24, 2.45) is 11.8 Å². The summed E-state index contributed by atoms with van der Waals surface area (Å²) in [6.07, 6.45) is 6.09. The number of thioether (sulfide) groups is 1. The fourth-order valence-electron chi connectivity index (χ4n) is 3.53. The molecule has 2 aliphatic heterocycles. The van der Waals surface area contributed by atoms with Crippen molar-refractivity contribution >= 4 is 17.7 Å². The fourth-order valence-corrected chi connectivity index (χ4v) is 5.08. The number of ether oxygens (including phenoxy) is 1. The quantitative estimate of drug-likeness (QED) is 0.854. The lowest BCUT2D eigenvalue weighted by Crippen LogP contribution is -2.61. The van der Waals surface area contributed by atoms with Gasteiger partial charge in [-0.3, -0.25) is 9.78 Å². The van der Waals surface area contributed by atoms with Crippen molar-refractivity contribution in [1.82, 2.24) is 9.88 Å². The van der Waals surface area contributed by atoms with Gasteiger partial charge in [-0.25, -0.2) is 0 Å². The van der Waals surface area contributed by atoms with E-state index in [2.05, 4.69) is 16.8 Å². The molecule has 0 N–H and O–H groups in total. The number of rotatable bonds is 4. The number of hydrogen-bond donors (Lipinski definition) is 0. The number of hydrogen-bond acceptors (Lipinski definition) is 4. The Morgan fingerprint density at radius 3 is 2.86 bits per heavy atom. The van der Waals surface area contributed by atoms with Gasteiger partial charge in [-0.05, 0) is 36.5 Å². The highest BCUT2D eigenvalue weighted by Crippen LogP contribution is 2.48. The molecule has 0 radical (unpaired) electrons. The third-order valence-corrected chi connectivity index (χ3v) is 6.68. The van der Waals surface area contributed by atoms with Crippen molar-refractivity contribution in [2.75, 3.05) is 18.8 Å². The monoisotopic (exact) mass is 318 g/mol. The first-order valence-corrected chi connectivity index (χ1v) is 9.07. The molecule has 0 bridgehead atoms. The van der Waals surface area contributed by atoms with Gasteiger partial charge in [0.15, 0.2) is 0 Å². The van der Waals surface area contributed by atoms with Crippen LogP contribution in [0.1, 0.15) is 25.3 Å². The molecule has 22 heavy (non-hydrogen) atoms. The molecule has 1 aliphatic carbocycles. The number of carbonyl (C=O) groups excluding carboxylic acids is 1. The normalized spacial score (nSPS) is 32.0. The van der Waals surface area contributed by atoms with Gasteiger partial charge in [0, 0.05) is 37.2 Å². The van der Waals surface area contributed by atoms with Gasteiger partial charge in [0.1, 0.15) is 0 Å². The SMILES string of the molecule is C[C@@H]1C[C@@H]1C(=O)N1CC2(C[C@@H](OCc3ccncc3)CS2)C1. The Labute approximate surface area is 135 Å². The molecule has 1 aromatic rings. The molecule has 3 aliphatic rings. The third kappa shape index (κ3) is 2.76. The van der Waals surface area contributed by atoms with Crippen LogP contribution in [-0.2, 0) is 16.1 Å². The van der Waals surface area contributed by atoms with Gasteiger partial charge >= 0.3 is 0 Å². The van der Waals surface area contributed by atoms with E-state index in [1.807, 2.05) is 23.9 Å². The van der Waals surface area contributed by atoms with Gasteiger partial charge < -0.3 is 9.64 Å². The molecule has 5 heteroatoms. The predicted octanol–water partition coefficient (Wildman–Crippen LogP) is 2.34. The molecule has 0 aromatic carbocycles. The van der Waals surface area contributed by atoms with E-state index >= 15 is 0 Å². The summed E-state index contributed by atoms with van der Waals surface area (Å²) in [5, 5.41) is 0. The number of likely N-dealkylation sites (tertiary alicyclic amines) is 1. The Balaban J connectivity index is 1.24. The number of amides is 1. The second kappa shape index (κ2) is 5.53. The zero-order valence-electron chi connectivity index (χ0n) is 12.9. The van der Waals surface area contributed by atoms with Crippen LogP contribution >= 0.6 is 11.8 Å². The highest BCUT2D eigenvalue weighted by Gasteiger charge is 2.53. The molecule has 0 unspecified atom stereocenters. The predicted molar refractivity (Wildman–Crippen MR) is 86.5 cm³/mol. The summed E-state index contributed by atoms with van der Waals surface area (Å²) in [6, 6.07) is 4.00. The van der Waals surface area contributed by atoms with Crippen LogP contribution in [0, 0.1) is 11.8 Å². The van der Waals surface area contributed by atoms with E-state index < -0.39 is 0 Å². The lowest BCUT2D eigenvalue weighted by molar-refractivity contribution is -0.138. The number of carbonyl (C=O) groups is 1. The largest absolute Gasteiger partial charge is 0.373 e. The molecule has 2 saturated heterocycles. The summed E-state index contributed by atoms with van der Waals surface area (Å²) >= 11 is 2.00. The van der Waals surface area contributed by atoms with Crippen LogP contribution in [0.4, 0.5) is 0 Å². The Kier molecular flexibility index (Phi) is 3.65. The first kappa shape index (κ1) is 14.5. The van der Waals surface area contributed by atoms with E-state index in [1.54, 1.807) is 12.4 Å². The van der Waals surface area contributed by atoms with Crippen LogP contribution < -0.4 is 0 Å². The number of nitrogens with zero attached hydrogens (tertiary/aromatic N) is 2. The van der Waals surface area contributed by atoms with Crippen molar-refractivity contribution in [1.29, 1.82) is 0 Å². The smallest absolute Gasteiger partial charge is 0.226 e. The van der Waals surface area contributed by atoms with Gasteiger partial charge in [0.25, 0.3) is 0 Å². The summed E-state index contributed by atoms with van der Waals surface area (Å²) in [5.41, 5.74) is 1.18. The Hall–Kier alpha value is -1.07. The molecule has 3 fully saturated rings. The molecule has 118 valence electrons. The maximum Gasteiger partial charge on any atom is 0.226 e. The Morgan fingerprint density at radius 2 is 2.18 bits per heavy atom. The van der Waals surface area contributed by atoms with Crippen molar-refractivity contribution in [3.8, 4) is 0 Å². The highest BCUT2D eigenvalue weighted by atomic mass is 32.2. The topological polar surface area (TPSA) is 42.4 Å². The number of aromatic nitrogens is 1. The maximum absolute atomic E-state index is 12.2. The van der Waals surface area contributed by atoms with Gasteiger partial charge in [0.05, 0.1) is 17.5 Å². The summed E-state index contributed by atoms with van der Waals surface area (Å²) in [7, 11) is 0. The average Bonchev–Trinajstić information content (AvgIpc) is 3.08. The lowest BCUT2D eigenvalue weighted by atomic mass is 9.92. The Bertz CT molecular complexity index is 559. The standard InChI is InChI=1S/C17H22N2O2S/c1-12-6-15(12)16(20)19-10-17(11-19)7-14(9-22-17)21-8-13-2-4-18-5-3-13/h2-5,12,14-15H,6-11H2,1H3/t12-,14-,15+/m1/s1. The molecule has 4 nitrogen and oxygen atoms in total. The number of pyridine rings is 1. The van der Waals surface area contributed by atoms with E-state index in [4.69, 9.17) is 4.74 Å². The molecule has 1 spiro atoms. The first-order valence-electron chi connectivity index (χ1n) is 8.08. The second-order valence-corrected chi connectivity index (χ2v) is 8.49. The minimum atomic E-state index is 0.275. The summed E-state index contributed by atoms with van der Waals surface area (Å²) in [6.45, 7) is 4.68. The van der Waals surface area contributed by atoms with E-state index in [9.17, 15) is 4.79 Å². The minimum Gasteiger partial charge on any atom is -0.373 e. The van der Waals surface area contributed by atoms with E-state index in [1.165, 1.54) is 5.56 Å². The zero-order valence-corrected chi connectivity index (χ0v) is 13.7. The van der Waals surface area contributed by atoms with E-state index in [0.29, 0.717) is 30.5 Å². The van der Waals surface area contributed by atoms with Crippen LogP contribution in [0.5, 0.6) is 0 Å². The van der Waals surface area contributed by atoms with Gasteiger partial charge in [-0.15, -0.1) is 11.8 Å². The molecule has 4 rings (SSSR count). The van der Waals surface area contributed by atoms with Crippen molar-refractivity contribution in [3.05, 3.63) is 30.1 Å². The molecule has 1 amide bonds. The average molecular weight is 318 g/mol. The molecular formula is C17H22N2O2S. The molecule has 1 aromatic heterocycles. The molecule has 3 atom stereocenters. The van der Waals surface area contributed by atoms with E-state index in [-0.39, 0.29) is 4.75 Å².